The molecule has 1 aliphatic heterocycles. The topological polar surface area (TPSA) is 77.5 Å². The van der Waals surface area contributed by atoms with E-state index in [0.29, 0.717) is 19.0 Å². The first-order valence-electron chi connectivity index (χ1n) is 8.44. The van der Waals surface area contributed by atoms with Gasteiger partial charge in [-0.15, -0.1) is 16.4 Å². The molecular weight excluding hydrogens is 438 g/mol. The summed E-state index contributed by atoms with van der Waals surface area (Å²) in [6.45, 7) is 3.44. The molecule has 1 aliphatic rings. The van der Waals surface area contributed by atoms with Crippen LogP contribution >= 0.6 is 38.9 Å². The summed E-state index contributed by atoms with van der Waals surface area (Å²) in [5.41, 5.74) is 9.28. The van der Waals surface area contributed by atoms with Gasteiger partial charge in [0.15, 0.2) is 5.82 Å². The molecule has 138 valence electrons. The number of thiophene rings is 1. The summed E-state index contributed by atoms with van der Waals surface area (Å²) in [5, 5.41) is 10.00. The van der Waals surface area contributed by atoms with Crippen molar-refractivity contribution in [3.05, 3.63) is 43.4 Å². The molecule has 0 radical (unpaired) electrons. The van der Waals surface area contributed by atoms with Crippen LogP contribution in [0.1, 0.15) is 34.9 Å². The summed E-state index contributed by atoms with van der Waals surface area (Å²) in [6, 6.07) is 4.07. The van der Waals surface area contributed by atoms with Gasteiger partial charge in [-0.25, -0.2) is 4.52 Å². The zero-order chi connectivity index (χ0) is 18.3. The normalized spacial score (nSPS) is 20.6. The Balaban J connectivity index is 1.79. The third-order valence-electron chi connectivity index (χ3n) is 4.65. The number of fused-ring (bicyclic) bond motifs is 1. The maximum absolute atomic E-state index is 6.33. The average Bonchev–Trinajstić information content (AvgIpc) is 3.22. The Bertz CT molecular complexity index is 929. The fourth-order valence-corrected chi connectivity index (χ4v) is 5.00. The van der Waals surface area contributed by atoms with Gasteiger partial charge in [0.25, 0.3) is 0 Å². The minimum atomic E-state index is -0.163. The minimum Gasteiger partial charge on any atom is -0.372 e. The minimum absolute atomic E-state index is 0.0397. The number of ether oxygens (including phenoxy) is 1. The molecule has 26 heavy (non-hydrogen) atoms. The Hall–Kier alpha value is -1.19. The Morgan fingerprint density at radius 3 is 3.12 bits per heavy atom. The Kier molecular flexibility index (Phi) is 5.20. The molecule has 0 aliphatic carbocycles. The molecule has 4 rings (SSSR count). The average molecular weight is 457 g/mol. The number of anilines is 1. The Labute approximate surface area is 168 Å². The van der Waals surface area contributed by atoms with Crippen LogP contribution in [0.2, 0.25) is 5.28 Å². The molecule has 4 heterocycles. The first-order valence-corrected chi connectivity index (χ1v) is 10.5. The highest BCUT2D eigenvalue weighted by Crippen LogP contribution is 2.39. The van der Waals surface area contributed by atoms with Crippen LogP contribution in [0.25, 0.3) is 5.52 Å². The van der Waals surface area contributed by atoms with E-state index in [2.05, 4.69) is 42.8 Å². The lowest BCUT2D eigenvalue weighted by Crippen LogP contribution is -2.34. The van der Waals surface area contributed by atoms with Gasteiger partial charge in [-0.2, -0.15) is 4.98 Å². The molecule has 2 atom stereocenters. The second-order valence-electron chi connectivity index (χ2n) is 6.35. The molecule has 6 nitrogen and oxygen atoms in total. The third-order valence-corrected chi connectivity index (χ3v) is 6.45. The number of nitrogens with two attached hydrogens (primary N) is 1. The Morgan fingerprint density at radius 1 is 1.54 bits per heavy atom. The lowest BCUT2D eigenvalue weighted by Gasteiger charge is -2.29. The predicted octanol–water partition coefficient (Wildman–Crippen LogP) is 4.31. The molecule has 3 aromatic heterocycles. The summed E-state index contributed by atoms with van der Waals surface area (Å²) in [5.74, 6) is 0.701. The number of aryl methyl sites for hydroxylation is 1. The van der Waals surface area contributed by atoms with Crippen molar-refractivity contribution in [2.24, 2.45) is 5.73 Å². The molecule has 9 heteroatoms. The molecule has 0 saturated carbocycles. The molecule has 1 saturated heterocycles. The zero-order valence-corrected chi connectivity index (χ0v) is 17.4. The van der Waals surface area contributed by atoms with Crippen LogP contribution in [0.3, 0.4) is 0 Å². The van der Waals surface area contributed by atoms with Gasteiger partial charge >= 0.3 is 0 Å². The van der Waals surface area contributed by atoms with Gasteiger partial charge in [-0.1, -0.05) is 6.07 Å². The predicted molar refractivity (Wildman–Crippen MR) is 108 cm³/mol. The molecule has 1 fully saturated rings. The van der Waals surface area contributed by atoms with Crippen molar-refractivity contribution in [1.82, 2.24) is 14.6 Å². The van der Waals surface area contributed by atoms with E-state index in [1.807, 2.05) is 13.0 Å². The second kappa shape index (κ2) is 7.44. The second-order valence-corrected chi connectivity index (χ2v) is 8.47. The lowest BCUT2D eigenvalue weighted by atomic mass is 9.96. The van der Waals surface area contributed by atoms with Gasteiger partial charge < -0.3 is 15.8 Å². The van der Waals surface area contributed by atoms with Crippen LogP contribution in [0, 0.1) is 6.92 Å². The highest BCUT2D eigenvalue weighted by Gasteiger charge is 2.31. The van der Waals surface area contributed by atoms with Crippen molar-refractivity contribution >= 4 is 50.2 Å². The number of aromatic nitrogens is 3. The van der Waals surface area contributed by atoms with Gasteiger partial charge in [0, 0.05) is 23.1 Å². The number of nitrogens with one attached hydrogen (secondary N) is 1. The van der Waals surface area contributed by atoms with E-state index >= 15 is 0 Å². The highest BCUT2D eigenvalue weighted by atomic mass is 79.9. The van der Waals surface area contributed by atoms with Crippen molar-refractivity contribution in [2.45, 2.75) is 38.5 Å². The van der Waals surface area contributed by atoms with Gasteiger partial charge in [0.05, 0.1) is 6.54 Å². The maximum Gasteiger partial charge on any atom is 0.243 e. The monoisotopic (exact) mass is 455 g/mol. The number of hydrogen-bond acceptors (Lipinski definition) is 6. The molecule has 3 N–H and O–H groups in total. The van der Waals surface area contributed by atoms with Gasteiger partial charge in [0.1, 0.15) is 16.2 Å². The number of nitrogens with zero attached hydrogens (tertiary/aromatic N) is 3. The van der Waals surface area contributed by atoms with Crippen LogP contribution in [-0.2, 0) is 11.3 Å². The lowest BCUT2D eigenvalue weighted by molar-refractivity contribution is -0.000595. The van der Waals surface area contributed by atoms with Crippen LogP contribution in [-0.4, -0.2) is 27.2 Å². The van der Waals surface area contributed by atoms with E-state index in [4.69, 9.17) is 22.1 Å². The van der Waals surface area contributed by atoms with E-state index in [9.17, 15) is 0 Å². The molecule has 3 aromatic rings. The number of halogens is 2. The van der Waals surface area contributed by atoms with E-state index in [1.54, 1.807) is 15.9 Å². The van der Waals surface area contributed by atoms with Crippen LogP contribution < -0.4 is 11.1 Å². The van der Waals surface area contributed by atoms with Crippen LogP contribution in [0.4, 0.5) is 5.82 Å². The summed E-state index contributed by atoms with van der Waals surface area (Å²) in [4.78, 5) is 5.64. The SMILES string of the molecule is Cc1c([C@H]2OCCC[C@@H]2N)c(Br)n2nc(Cl)nc(NCc3cccs3)c12. The molecule has 0 bridgehead atoms. The van der Waals surface area contributed by atoms with Crippen LogP contribution in [0.5, 0.6) is 0 Å². The Morgan fingerprint density at radius 2 is 2.38 bits per heavy atom. The number of rotatable bonds is 4. The molecular formula is C17H19BrClN5OS. The molecule has 0 spiro atoms. The molecule has 0 unspecified atom stereocenters. The summed E-state index contributed by atoms with van der Waals surface area (Å²) in [7, 11) is 0. The van der Waals surface area contributed by atoms with Crippen molar-refractivity contribution in [2.75, 3.05) is 11.9 Å². The zero-order valence-electron chi connectivity index (χ0n) is 14.2. The number of hydrogen-bond donors (Lipinski definition) is 2. The van der Waals surface area contributed by atoms with Gasteiger partial charge in [-0.3, -0.25) is 0 Å². The largest absolute Gasteiger partial charge is 0.372 e. The molecule has 0 aromatic carbocycles. The van der Waals surface area contributed by atoms with E-state index in [-0.39, 0.29) is 17.4 Å². The summed E-state index contributed by atoms with van der Waals surface area (Å²) in [6.07, 6.45) is 1.77. The third kappa shape index (κ3) is 3.25. The summed E-state index contributed by atoms with van der Waals surface area (Å²) >= 11 is 11.5. The first-order chi connectivity index (χ1) is 12.6. The smallest absolute Gasteiger partial charge is 0.243 e. The van der Waals surface area contributed by atoms with Gasteiger partial charge in [0.2, 0.25) is 5.28 Å². The van der Waals surface area contributed by atoms with E-state index in [1.165, 1.54) is 4.88 Å². The van der Waals surface area contributed by atoms with Crippen molar-refractivity contribution in [1.29, 1.82) is 0 Å². The summed E-state index contributed by atoms with van der Waals surface area (Å²) < 4.78 is 8.58. The first kappa shape index (κ1) is 18.2. The quantitative estimate of drug-likeness (QED) is 0.612. The van der Waals surface area contributed by atoms with Crippen molar-refractivity contribution in [3.63, 3.8) is 0 Å². The fourth-order valence-electron chi connectivity index (χ4n) is 3.42. The molecule has 0 amide bonds. The van der Waals surface area contributed by atoms with Crippen molar-refractivity contribution in [3.8, 4) is 0 Å². The van der Waals surface area contributed by atoms with Crippen molar-refractivity contribution < 1.29 is 4.74 Å². The standard InChI is InChI=1S/C17H19BrClN5OS/c1-9-12(14-11(20)5-2-6-25-14)15(18)24-13(9)16(22-17(19)23-24)21-8-10-4-3-7-26-10/h3-4,7,11,14H,2,5-6,8,20H2,1H3,(H,21,22,23)/t11-,14-/m0/s1. The fraction of sp³-hybridized carbons (Fsp3) is 0.412. The highest BCUT2D eigenvalue weighted by molar-refractivity contribution is 9.10. The van der Waals surface area contributed by atoms with E-state index < -0.39 is 0 Å². The van der Waals surface area contributed by atoms with Gasteiger partial charge in [-0.05, 0) is 64.3 Å². The van der Waals surface area contributed by atoms with E-state index in [0.717, 1.165) is 34.1 Å². The maximum atomic E-state index is 6.33. The van der Waals surface area contributed by atoms with Crippen LogP contribution in [0.15, 0.2) is 22.1 Å².